The van der Waals surface area contributed by atoms with Crippen molar-refractivity contribution in [3.8, 4) is 16.9 Å². The Balaban J connectivity index is 1.79. The normalized spacial score (nSPS) is 14.8. The maximum absolute atomic E-state index is 12.2. The summed E-state index contributed by atoms with van der Waals surface area (Å²) in [5.74, 6) is -0.817. The van der Waals surface area contributed by atoms with Gasteiger partial charge in [0, 0.05) is 0 Å². The molecule has 0 aromatic heterocycles. The molecule has 0 saturated carbocycles. The number of allylic oxidation sites excluding steroid dienone is 2. The van der Waals surface area contributed by atoms with E-state index in [9.17, 15) is 14.7 Å². The van der Waals surface area contributed by atoms with Gasteiger partial charge >= 0.3 is 5.97 Å². The molecule has 1 N–H and O–H groups in total. The third-order valence-electron chi connectivity index (χ3n) is 5.12. The van der Waals surface area contributed by atoms with Crippen LogP contribution in [0.2, 0.25) is 0 Å². The second kappa shape index (κ2) is 9.36. The number of carboxylic acid groups (broad SMARTS) is 1. The first-order valence-corrected chi connectivity index (χ1v) is 9.82. The van der Waals surface area contributed by atoms with E-state index in [0.29, 0.717) is 24.2 Å². The van der Waals surface area contributed by atoms with Crippen molar-refractivity contribution < 1.29 is 19.4 Å². The molecule has 3 rings (SSSR count). The Morgan fingerprint density at radius 2 is 1.86 bits per heavy atom. The van der Waals surface area contributed by atoms with Gasteiger partial charge in [0.15, 0.2) is 11.9 Å². The molecule has 0 amide bonds. The van der Waals surface area contributed by atoms with Gasteiger partial charge in [-0.25, -0.2) is 4.79 Å². The summed E-state index contributed by atoms with van der Waals surface area (Å²) >= 11 is 0. The standard InChI is InChI=1S/C24H26O4/c1-17(25)21-16-20(19-10-6-3-7-11-19)13-15-22(21)28-23(24(26)27)14-12-18-8-4-2-5-9-18/h3,6-8,10-11,13,15-16,23H,2,4-5,9,12,14H2,1H3,(H,26,27). The molecule has 0 saturated heterocycles. The number of aliphatic carboxylic acids is 1. The number of carbonyl (C=O) groups is 2. The van der Waals surface area contributed by atoms with Crippen molar-refractivity contribution in [2.75, 3.05) is 0 Å². The molecule has 1 unspecified atom stereocenters. The maximum Gasteiger partial charge on any atom is 0.344 e. The van der Waals surface area contributed by atoms with Crippen LogP contribution < -0.4 is 4.74 Å². The maximum atomic E-state index is 12.2. The minimum absolute atomic E-state index is 0.146. The van der Waals surface area contributed by atoms with E-state index < -0.39 is 12.1 Å². The van der Waals surface area contributed by atoms with E-state index in [1.807, 2.05) is 36.4 Å². The number of Topliss-reactive ketones (excluding diaryl/α,β-unsaturated/α-hetero) is 1. The van der Waals surface area contributed by atoms with Gasteiger partial charge in [-0.1, -0.05) is 48.0 Å². The van der Waals surface area contributed by atoms with Crippen LogP contribution in [0.3, 0.4) is 0 Å². The zero-order valence-corrected chi connectivity index (χ0v) is 16.2. The summed E-state index contributed by atoms with van der Waals surface area (Å²) < 4.78 is 5.80. The van der Waals surface area contributed by atoms with Crippen molar-refractivity contribution in [2.45, 2.75) is 51.6 Å². The molecule has 0 bridgehead atoms. The largest absolute Gasteiger partial charge is 0.479 e. The van der Waals surface area contributed by atoms with Gasteiger partial charge in [0.05, 0.1) is 5.56 Å². The molecule has 0 spiro atoms. The van der Waals surface area contributed by atoms with Gasteiger partial charge in [-0.2, -0.15) is 0 Å². The number of carboxylic acids is 1. The average Bonchev–Trinajstić information content (AvgIpc) is 2.72. The van der Waals surface area contributed by atoms with Crippen molar-refractivity contribution in [3.63, 3.8) is 0 Å². The Labute approximate surface area is 165 Å². The van der Waals surface area contributed by atoms with Crippen LogP contribution >= 0.6 is 0 Å². The molecule has 28 heavy (non-hydrogen) atoms. The van der Waals surface area contributed by atoms with E-state index in [1.54, 1.807) is 12.1 Å². The lowest BCUT2D eigenvalue weighted by molar-refractivity contribution is -0.145. The molecule has 4 nitrogen and oxygen atoms in total. The molecule has 1 atom stereocenters. The van der Waals surface area contributed by atoms with Crippen molar-refractivity contribution >= 4 is 11.8 Å². The molecule has 0 aliphatic heterocycles. The highest BCUT2D eigenvalue weighted by atomic mass is 16.5. The molecule has 0 heterocycles. The minimum atomic E-state index is -1.00. The van der Waals surface area contributed by atoms with E-state index in [4.69, 9.17) is 4.74 Å². The Kier molecular flexibility index (Phi) is 6.64. The van der Waals surface area contributed by atoms with Gasteiger partial charge in [0.25, 0.3) is 0 Å². The van der Waals surface area contributed by atoms with Crippen LogP contribution in [0.5, 0.6) is 5.75 Å². The molecular formula is C24H26O4. The fraction of sp³-hybridized carbons (Fsp3) is 0.333. The summed E-state index contributed by atoms with van der Waals surface area (Å²) in [5, 5.41) is 9.60. The molecule has 2 aromatic rings. The highest BCUT2D eigenvalue weighted by Gasteiger charge is 2.22. The molecule has 0 radical (unpaired) electrons. The average molecular weight is 378 g/mol. The zero-order valence-electron chi connectivity index (χ0n) is 16.2. The molecular weight excluding hydrogens is 352 g/mol. The van der Waals surface area contributed by atoms with Crippen LogP contribution in [0.25, 0.3) is 11.1 Å². The Morgan fingerprint density at radius 3 is 2.50 bits per heavy atom. The zero-order chi connectivity index (χ0) is 19.9. The molecule has 0 fully saturated rings. The quantitative estimate of drug-likeness (QED) is 0.475. The third-order valence-corrected chi connectivity index (χ3v) is 5.12. The van der Waals surface area contributed by atoms with Crippen molar-refractivity contribution in [1.29, 1.82) is 0 Å². The van der Waals surface area contributed by atoms with Gasteiger partial charge in [-0.15, -0.1) is 0 Å². The van der Waals surface area contributed by atoms with Crippen molar-refractivity contribution in [2.24, 2.45) is 0 Å². The number of ketones is 1. The molecule has 4 heteroatoms. The molecule has 146 valence electrons. The third kappa shape index (κ3) is 5.10. The lowest BCUT2D eigenvalue weighted by atomic mass is 9.95. The van der Waals surface area contributed by atoms with Crippen LogP contribution in [0.1, 0.15) is 55.8 Å². The highest BCUT2D eigenvalue weighted by Crippen LogP contribution is 2.29. The summed E-state index contributed by atoms with van der Waals surface area (Å²) in [5.41, 5.74) is 3.62. The summed E-state index contributed by atoms with van der Waals surface area (Å²) in [4.78, 5) is 23.9. The van der Waals surface area contributed by atoms with Crippen molar-refractivity contribution in [1.82, 2.24) is 0 Å². The monoisotopic (exact) mass is 378 g/mol. The van der Waals surface area contributed by atoms with Gasteiger partial charge in [0.2, 0.25) is 0 Å². The van der Waals surface area contributed by atoms with E-state index >= 15 is 0 Å². The SMILES string of the molecule is CC(=O)c1cc(-c2ccccc2)ccc1OC(CCC1=CCCCC1)C(=O)O. The Bertz CT molecular complexity index is 867. The lowest BCUT2D eigenvalue weighted by Gasteiger charge is -2.19. The fourth-order valence-electron chi connectivity index (χ4n) is 3.55. The topological polar surface area (TPSA) is 63.6 Å². The first-order chi connectivity index (χ1) is 13.5. The summed E-state index contributed by atoms with van der Waals surface area (Å²) in [6.45, 7) is 1.47. The predicted molar refractivity (Wildman–Crippen MR) is 110 cm³/mol. The Morgan fingerprint density at radius 1 is 1.07 bits per heavy atom. The van der Waals surface area contributed by atoms with E-state index in [1.165, 1.54) is 25.3 Å². The summed E-state index contributed by atoms with van der Waals surface area (Å²) in [6, 6.07) is 15.1. The molecule has 1 aliphatic carbocycles. The van der Waals surface area contributed by atoms with Crippen molar-refractivity contribution in [3.05, 3.63) is 65.7 Å². The van der Waals surface area contributed by atoms with E-state index in [-0.39, 0.29) is 5.78 Å². The van der Waals surface area contributed by atoms with E-state index in [0.717, 1.165) is 24.0 Å². The van der Waals surface area contributed by atoms with Crippen LogP contribution in [-0.2, 0) is 4.79 Å². The second-order valence-electron chi connectivity index (χ2n) is 7.22. The highest BCUT2D eigenvalue weighted by molar-refractivity contribution is 5.98. The number of ether oxygens (including phenoxy) is 1. The number of hydrogen-bond acceptors (Lipinski definition) is 3. The Hall–Kier alpha value is -2.88. The first kappa shape index (κ1) is 19.9. The van der Waals surface area contributed by atoms with Gasteiger partial charge in [0.1, 0.15) is 5.75 Å². The number of hydrogen-bond donors (Lipinski definition) is 1. The number of carbonyl (C=O) groups excluding carboxylic acids is 1. The summed E-state index contributed by atoms with van der Waals surface area (Å²) in [7, 11) is 0. The van der Waals surface area contributed by atoms with Gasteiger partial charge in [-0.3, -0.25) is 4.79 Å². The van der Waals surface area contributed by atoms with Crippen LogP contribution in [0, 0.1) is 0 Å². The van der Waals surface area contributed by atoms with Gasteiger partial charge in [-0.05, 0) is 68.7 Å². The molecule has 2 aromatic carbocycles. The van der Waals surface area contributed by atoms with Crippen LogP contribution in [-0.4, -0.2) is 23.0 Å². The molecule has 1 aliphatic rings. The smallest absolute Gasteiger partial charge is 0.344 e. The number of benzene rings is 2. The van der Waals surface area contributed by atoms with Gasteiger partial charge < -0.3 is 9.84 Å². The van der Waals surface area contributed by atoms with E-state index in [2.05, 4.69) is 6.08 Å². The summed E-state index contributed by atoms with van der Waals surface area (Å²) in [6.07, 6.45) is 6.85. The van der Waals surface area contributed by atoms with Crippen LogP contribution in [0.4, 0.5) is 0 Å². The first-order valence-electron chi connectivity index (χ1n) is 9.82. The fourth-order valence-corrected chi connectivity index (χ4v) is 3.55. The number of rotatable bonds is 8. The predicted octanol–water partition coefficient (Wildman–Crippen LogP) is 5.67. The van der Waals surface area contributed by atoms with Crippen LogP contribution in [0.15, 0.2) is 60.2 Å². The second-order valence-corrected chi connectivity index (χ2v) is 7.22. The lowest BCUT2D eigenvalue weighted by Crippen LogP contribution is -2.27. The minimum Gasteiger partial charge on any atom is -0.479 e.